The van der Waals surface area contributed by atoms with Crippen LogP contribution in [0.25, 0.3) is 0 Å². The first-order valence-corrected chi connectivity index (χ1v) is 8.49. The van der Waals surface area contributed by atoms with Gasteiger partial charge in [-0.15, -0.1) is 0 Å². The second-order valence-electron chi connectivity index (χ2n) is 7.20. The molecule has 9 unspecified atom stereocenters. The van der Waals surface area contributed by atoms with E-state index < -0.39 is 73.8 Å². The van der Waals surface area contributed by atoms with E-state index in [0.717, 1.165) is 0 Å². The molecular weight excluding hydrogens is 352 g/mol. The molecule has 0 aromatic rings. The highest BCUT2D eigenvalue weighted by Crippen LogP contribution is 2.28. The first kappa shape index (κ1) is 23.6. The Kier molecular flexibility index (Phi) is 8.81. The highest BCUT2D eigenvalue weighted by molar-refractivity contribution is 4.93. The van der Waals surface area contributed by atoms with Crippen LogP contribution in [-0.2, 0) is 14.2 Å². The Bertz CT molecular complexity index is 418. The Labute approximate surface area is 152 Å². The van der Waals surface area contributed by atoms with Gasteiger partial charge in [-0.05, 0) is 13.8 Å². The molecule has 1 fully saturated rings. The molecule has 26 heavy (non-hydrogen) atoms. The molecule has 0 radical (unpaired) electrons. The predicted octanol–water partition coefficient (Wildman–Crippen LogP) is -3.05. The van der Waals surface area contributed by atoms with Crippen molar-refractivity contribution in [2.24, 2.45) is 5.92 Å². The Morgan fingerprint density at radius 1 is 1.04 bits per heavy atom. The first-order valence-electron chi connectivity index (χ1n) is 8.49. The number of rotatable bonds is 9. The van der Waals surface area contributed by atoms with Gasteiger partial charge < -0.3 is 50.0 Å². The zero-order valence-corrected chi connectivity index (χ0v) is 15.5. The summed E-state index contributed by atoms with van der Waals surface area (Å²) < 4.78 is 16.0. The first-order chi connectivity index (χ1) is 12.0. The van der Waals surface area contributed by atoms with E-state index in [4.69, 9.17) is 14.2 Å². The molecule has 10 nitrogen and oxygen atoms in total. The minimum atomic E-state index is -1.67. The third kappa shape index (κ3) is 5.10. The van der Waals surface area contributed by atoms with Crippen LogP contribution in [0.3, 0.4) is 0 Å². The van der Waals surface area contributed by atoms with Crippen LogP contribution >= 0.6 is 0 Å². The number of hydrogen-bond donors (Lipinski definition) is 7. The summed E-state index contributed by atoms with van der Waals surface area (Å²) in [7, 11) is 1.36. The molecular formula is C16H32O10. The van der Waals surface area contributed by atoms with Gasteiger partial charge in [-0.3, -0.25) is 0 Å². The fourth-order valence-corrected chi connectivity index (χ4v) is 2.70. The molecule has 10 heteroatoms. The molecule has 7 N–H and O–H groups in total. The lowest BCUT2D eigenvalue weighted by Gasteiger charge is -2.43. The summed E-state index contributed by atoms with van der Waals surface area (Å²) >= 11 is 0. The van der Waals surface area contributed by atoms with Gasteiger partial charge >= 0.3 is 0 Å². The van der Waals surface area contributed by atoms with E-state index in [-0.39, 0.29) is 0 Å². The molecule has 9 atom stereocenters. The second-order valence-corrected chi connectivity index (χ2v) is 7.20. The summed E-state index contributed by atoms with van der Waals surface area (Å²) in [5, 5.41) is 69.3. The van der Waals surface area contributed by atoms with E-state index >= 15 is 0 Å². The average Bonchev–Trinajstić information content (AvgIpc) is 2.63. The molecule has 0 amide bonds. The third-order valence-electron chi connectivity index (χ3n) is 4.89. The molecule has 1 aliphatic heterocycles. The highest BCUT2D eigenvalue weighted by Gasteiger charge is 2.47. The van der Waals surface area contributed by atoms with Gasteiger partial charge in [0.1, 0.15) is 36.6 Å². The molecule has 0 aromatic heterocycles. The molecule has 0 aromatic carbocycles. The smallest absolute Gasteiger partial charge is 0.187 e. The highest BCUT2D eigenvalue weighted by atomic mass is 16.7. The van der Waals surface area contributed by atoms with Crippen molar-refractivity contribution in [2.45, 2.75) is 75.4 Å². The van der Waals surface area contributed by atoms with Crippen molar-refractivity contribution >= 4 is 0 Å². The summed E-state index contributed by atoms with van der Waals surface area (Å²) in [5.41, 5.74) is -1.13. The van der Waals surface area contributed by atoms with Crippen molar-refractivity contribution in [3.05, 3.63) is 0 Å². The van der Waals surface area contributed by atoms with Gasteiger partial charge in [0.05, 0.1) is 18.3 Å². The van der Waals surface area contributed by atoms with Crippen molar-refractivity contribution in [3.63, 3.8) is 0 Å². The van der Waals surface area contributed by atoms with Crippen LogP contribution in [0.4, 0.5) is 0 Å². The average molecular weight is 384 g/mol. The minimum Gasteiger partial charge on any atom is -0.396 e. The van der Waals surface area contributed by atoms with E-state index in [0.29, 0.717) is 0 Å². The van der Waals surface area contributed by atoms with Crippen LogP contribution in [-0.4, -0.2) is 111 Å². The van der Waals surface area contributed by atoms with Crippen molar-refractivity contribution in [2.75, 3.05) is 20.3 Å². The summed E-state index contributed by atoms with van der Waals surface area (Å²) in [6, 6.07) is 0. The van der Waals surface area contributed by atoms with Gasteiger partial charge in [0.25, 0.3) is 0 Å². The zero-order valence-electron chi connectivity index (χ0n) is 15.5. The molecule has 1 aliphatic rings. The quantitative estimate of drug-likeness (QED) is 0.217. The summed E-state index contributed by atoms with van der Waals surface area (Å²) in [5.74, 6) is -0.681. The maximum atomic E-state index is 10.5. The van der Waals surface area contributed by atoms with Gasteiger partial charge in [-0.2, -0.15) is 0 Å². The largest absolute Gasteiger partial charge is 0.396 e. The topological polar surface area (TPSA) is 169 Å². The van der Waals surface area contributed by atoms with E-state index in [1.165, 1.54) is 7.11 Å². The lowest BCUT2D eigenvalue weighted by Crippen LogP contribution is -2.61. The van der Waals surface area contributed by atoms with Crippen LogP contribution in [0.1, 0.15) is 20.8 Å². The molecule has 0 aliphatic carbocycles. The van der Waals surface area contributed by atoms with Crippen LogP contribution in [0.5, 0.6) is 0 Å². The molecule has 156 valence electrons. The number of aliphatic hydroxyl groups is 7. The molecule has 1 saturated heterocycles. The Hall–Kier alpha value is -0.400. The number of aliphatic hydroxyl groups excluding tert-OH is 7. The monoisotopic (exact) mass is 384 g/mol. The number of ether oxygens (including phenoxy) is 3. The van der Waals surface area contributed by atoms with Gasteiger partial charge in [-0.1, -0.05) is 6.92 Å². The van der Waals surface area contributed by atoms with Crippen LogP contribution in [0.15, 0.2) is 0 Å². The minimum absolute atomic E-state index is 0.403. The summed E-state index contributed by atoms with van der Waals surface area (Å²) in [6.45, 7) is 3.61. The number of methoxy groups -OCH3 is 1. The van der Waals surface area contributed by atoms with E-state index in [2.05, 4.69) is 0 Å². The van der Waals surface area contributed by atoms with Crippen LogP contribution in [0, 0.1) is 5.92 Å². The van der Waals surface area contributed by atoms with E-state index in [1.54, 1.807) is 20.8 Å². The zero-order chi connectivity index (χ0) is 20.2. The normalized spacial score (nSPS) is 35.0. The molecule has 0 saturated carbocycles. The standard InChI is InChI=1S/C16H32O10/c1-7(5-17)13(12(22)14(23)16(2,3)24-4)26-15-11(21)10(20)9(19)8(6-18)25-15/h7-15,17-23H,5-6H2,1-4H3. The Balaban J connectivity index is 3.00. The Morgan fingerprint density at radius 2 is 1.62 bits per heavy atom. The van der Waals surface area contributed by atoms with Crippen molar-refractivity contribution in [3.8, 4) is 0 Å². The SMILES string of the molecule is COC(C)(C)C(O)C(O)C(OC1OC(CO)C(O)C(O)C1O)C(C)CO. The lowest BCUT2D eigenvalue weighted by molar-refractivity contribution is -0.326. The van der Waals surface area contributed by atoms with Gasteiger partial charge in [-0.25, -0.2) is 0 Å². The van der Waals surface area contributed by atoms with Crippen molar-refractivity contribution in [1.29, 1.82) is 0 Å². The Morgan fingerprint density at radius 3 is 2.08 bits per heavy atom. The maximum Gasteiger partial charge on any atom is 0.187 e. The maximum absolute atomic E-state index is 10.5. The summed E-state index contributed by atoms with van der Waals surface area (Å²) in [6.07, 6.45) is -11.7. The van der Waals surface area contributed by atoms with Crippen LogP contribution in [0.2, 0.25) is 0 Å². The van der Waals surface area contributed by atoms with E-state index in [1.807, 2.05) is 0 Å². The number of hydrogen-bond acceptors (Lipinski definition) is 10. The summed E-state index contributed by atoms with van der Waals surface area (Å²) in [4.78, 5) is 0. The fourth-order valence-electron chi connectivity index (χ4n) is 2.70. The predicted molar refractivity (Wildman–Crippen MR) is 88.0 cm³/mol. The lowest BCUT2D eigenvalue weighted by atomic mass is 9.88. The van der Waals surface area contributed by atoms with Crippen molar-refractivity contribution < 1.29 is 50.0 Å². The van der Waals surface area contributed by atoms with Crippen molar-refractivity contribution in [1.82, 2.24) is 0 Å². The molecule has 0 bridgehead atoms. The van der Waals surface area contributed by atoms with Crippen LogP contribution < -0.4 is 0 Å². The van der Waals surface area contributed by atoms with Gasteiger partial charge in [0, 0.05) is 19.6 Å². The second kappa shape index (κ2) is 9.69. The third-order valence-corrected chi connectivity index (χ3v) is 4.89. The molecule has 1 heterocycles. The fraction of sp³-hybridized carbons (Fsp3) is 1.00. The molecule has 0 spiro atoms. The van der Waals surface area contributed by atoms with Gasteiger partial charge in [0.2, 0.25) is 0 Å². The molecule has 1 rings (SSSR count). The van der Waals surface area contributed by atoms with Gasteiger partial charge in [0.15, 0.2) is 6.29 Å². The van der Waals surface area contributed by atoms with E-state index in [9.17, 15) is 35.7 Å².